The van der Waals surface area contributed by atoms with Gasteiger partial charge >= 0.3 is 12.0 Å². The van der Waals surface area contributed by atoms with Crippen LogP contribution < -0.4 is 10.1 Å². The molecular formula is C24H32N4O4. The van der Waals surface area contributed by atoms with Gasteiger partial charge in [-0.25, -0.2) is 9.59 Å². The zero-order chi connectivity index (χ0) is 23.3. The van der Waals surface area contributed by atoms with Crippen molar-refractivity contribution in [1.29, 1.82) is 0 Å². The number of allylic oxidation sites excluding steroid dienone is 1. The number of benzene rings is 1. The molecule has 0 fully saturated rings. The van der Waals surface area contributed by atoms with Gasteiger partial charge in [-0.1, -0.05) is 6.08 Å². The Morgan fingerprint density at radius 3 is 2.72 bits per heavy atom. The van der Waals surface area contributed by atoms with Crippen LogP contribution in [0.25, 0.3) is 10.9 Å². The average molecular weight is 441 g/mol. The summed E-state index contributed by atoms with van der Waals surface area (Å²) in [5.41, 5.74) is 2.36. The third-order valence-electron chi connectivity index (χ3n) is 5.35. The summed E-state index contributed by atoms with van der Waals surface area (Å²) in [6, 6.07) is 5.56. The van der Waals surface area contributed by atoms with E-state index in [4.69, 9.17) is 9.47 Å². The summed E-state index contributed by atoms with van der Waals surface area (Å²) in [6.07, 6.45) is 8.80. The third kappa shape index (κ3) is 5.50. The fourth-order valence-electron chi connectivity index (χ4n) is 3.49. The molecule has 0 radical (unpaired) electrons. The number of aromatic nitrogens is 1. The van der Waals surface area contributed by atoms with Crippen molar-refractivity contribution in [2.24, 2.45) is 0 Å². The summed E-state index contributed by atoms with van der Waals surface area (Å²) in [7, 11) is 5.62. The van der Waals surface area contributed by atoms with E-state index in [-0.39, 0.29) is 18.8 Å². The highest BCUT2D eigenvalue weighted by Crippen LogP contribution is 2.26. The van der Waals surface area contributed by atoms with E-state index in [2.05, 4.69) is 10.2 Å². The Labute approximate surface area is 189 Å². The SMILES string of the molecule is COc1ccc2c(CCN(C)C)cn(C(=O)NCOC(=O)C3=CN(C(C)C)C=CC3)c2c1. The number of carbonyl (C=O) groups excluding carboxylic acids is 2. The van der Waals surface area contributed by atoms with Gasteiger partial charge in [-0.05, 0) is 52.1 Å². The van der Waals surface area contributed by atoms with Crippen molar-refractivity contribution in [2.45, 2.75) is 32.7 Å². The minimum absolute atomic E-state index is 0.211. The number of nitrogens with one attached hydrogen (secondary N) is 1. The lowest BCUT2D eigenvalue weighted by molar-refractivity contribution is -0.139. The molecule has 3 rings (SSSR count). The van der Waals surface area contributed by atoms with Crippen molar-refractivity contribution in [2.75, 3.05) is 34.5 Å². The molecule has 0 aliphatic carbocycles. The second-order valence-electron chi connectivity index (χ2n) is 8.30. The van der Waals surface area contributed by atoms with Gasteiger partial charge in [-0.2, -0.15) is 0 Å². The Morgan fingerprint density at radius 2 is 2.03 bits per heavy atom. The lowest BCUT2D eigenvalue weighted by atomic mass is 10.1. The summed E-state index contributed by atoms with van der Waals surface area (Å²) in [4.78, 5) is 29.3. The van der Waals surface area contributed by atoms with Gasteiger partial charge in [0.2, 0.25) is 0 Å². The maximum absolute atomic E-state index is 12.9. The first-order valence-corrected chi connectivity index (χ1v) is 10.7. The second kappa shape index (κ2) is 10.4. The van der Waals surface area contributed by atoms with Gasteiger partial charge in [0.1, 0.15) is 5.75 Å². The molecule has 0 spiro atoms. The number of likely N-dealkylation sites (N-methyl/N-ethyl adjacent to an activating group) is 1. The van der Waals surface area contributed by atoms with Gasteiger partial charge in [0.15, 0.2) is 6.73 Å². The van der Waals surface area contributed by atoms with Crippen LogP contribution in [-0.4, -0.2) is 66.9 Å². The molecule has 2 aromatic rings. The van der Waals surface area contributed by atoms with Crippen molar-refractivity contribution < 1.29 is 19.1 Å². The van der Waals surface area contributed by atoms with Crippen LogP contribution in [0.1, 0.15) is 25.8 Å². The van der Waals surface area contributed by atoms with Crippen LogP contribution in [0.5, 0.6) is 5.75 Å². The van der Waals surface area contributed by atoms with E-state index >= 15 is 0 Å². The van der Waals surface area contributed by atoms with Crippen LogP contribution in [0.15, 0.2) is 48.4 Å². The van der Waals surface area contributed by atoms with Crippen LogP contribution in [0.4, 0.5) is 4.79 Å². The number of nitrogens with zero attached hydrogens (tertiary/aromatic N) is 3. The molecule has 1 aliphatic heterocycles. The predicted octanol–water partition coefficient (Wildman–Crippen LogP) is 3.32. The maximum atomic E-state index is 12.9. The average Bonchev–Trinajstić information content (AvgIpc) is 3.15. The van der Waals surface area contributed by atoms with Crippen molar-refractivity contribution in [3.05, 3.63) is 54.0 Å². The molecule has 2 heterocycles. The van der Waals surface area contributed by atoms with Crippen molar-refractivity contribution in [3.63, 3.8) is 0 Å². The second-order valence-corrected chi connectivity index (χ2v) is 8.30. The highest BCUT2D eigenvalue weighted by Gasteiger charge is 2.18. The highest BCUT2D eigenvalue weighted by molar-refractivity contribution is 5.94. The molecule has 172 valence electrons. The van der Waals surface area contributed by atoms with Crippen LogP contribution >= 0.6 is 0 Å². The molecule has 1 aromatic heterocycles. The topological polar surface area (TPSA) is 76.0 Å². The number of hydrogen-bond acceptors (Lipinski definition) is 6. The van der Waals surface area contributed by atoms with Crippen molar-refractivity contribution in [3.8, 4) is 5.75 Å². The van der Waals surface area contributed by atoms with Gasteiger partial charge in [0.05, 0.1) is 18.2 Å². The molecule has 0 atom stereocenters. The molecule has 0 saturated heterocycles. The van der Waals surface area contributed by atoms with Gasteiger partial charge in [-0.3, -0.25) is 4.57 Å². The van der Waals surface area contributed by atoms with E-state index in [1.165, 1.54) is 0 Å². The smallest absolute Gasteiger partial charge is 0.337 e. The van der Waals surface area contributed by atoms with E-state index in [0.717, 1.165) is 29.4 Å². The van der Waals surface area contributed by atoms with E-state index in [0.29, 0.717) is 17.7 Å². The van der Waals surface area contributed by atoms with Crippen molar-refractivity contribution >= 4 is 22.9 Å². The van der Waals surface area contributed by atoms with Crippen molar-refractivity contribution in [1.82, 2.24) is 19.7 Å². The van der Waals surface area contributed by atoms with Crippen LogP contribution in [0, 0.1) is 0 Å². The molecule has 1 aliphatic rings. The fraction of sp³-hybridized carbons (Fsp3) is 0.417. The largest absolute Gasteiger partial charge is 0.497 e. The number of esters is 1. The standard InChI is InChI=1S/C24H32N4O4/c1-17(2)27-11-6-7-19(14-27)23(29)32-16-25-24(30)28-15-18(10-12-26(3)4)21-9-8-20(31-5)13-22(21)28/h6,8-9,11,13-15,17H,7,10,12,16H2,1-5H3,(H,25,30). The van der Waals surface area contributed by atoms with E-state index in [9.17, 15) is 9.59 Å². The first-order valence-electron chi connectivity index (χ1n) is 10.7. The van der Waals surface area contributed by atoms with Crippen LogP contribution in [-0.2, 0) is 16.0 Å². The first kappa shape index (κ1) is 23.4. The normalized spacial score (nSPS) is 13.6. The minimum Gasteiger partial charge on any atom is -0.497 e. The quantitative estimate of drug-likeness (QED) is 0.501. The molecule has 0 unspecified atom stereocenters. The summed E-state index contributed by atoms with van der Waals surface area (Å²) in [5.74, 6) is 0.230. The van der Waals surface area contributed by atoms with Gasteiger partial charge in [0, 0.05) is 49.1 Å². The van der Waals surface area contributed by atoms with Gasteiger partial charge < -0.3 is 24.6 Å². The number of rotatable bonds is 8. The Balaban J connectivity index is 1.69. The first-order chi connectivity index (χ1) is 15.3. The Morgan fingerprint density at radius 1 is 1.25 bits per heavy atom. The fourth-order valence-corrected chi connectivity index (χ4v) is 3.49. The van der Waals surface area contributed by atoms with E-state index < -0.39 is 5.97 Å². The summed E-state index contributed by atoms with van der Waals surface area (Å²) >= 11 is 0. The summed E-state index contributed by atoms with van der Waals surface area (Å²) in [6.45, 7) is 4.73. The summed E-state index contributed by atoms with van der Waals surface area (Å²) < 4.78 is 12.2. The number of carbonyl (C=O) groups is 2. The minimum atomic E-state index is -0.439. The van der Waals surface area contributed by atoms with Gasteiger partial charge in [-0.15, -0.1) is 0 Å². The van der Waals surface area contributed by atoms with Gasteiger partial charge in [0.25, 0.3) is 0 Å². The number of ether oxygens (including phenoxy) is 2. The number of hydrogen-bond donors (Lipinski definition) is 1. The highest BCUT2D eigenvalue weighted by atomic mass is 16.5. The molecule has 32 heavy (non-hydrogen) atoms. The van der Waals surface area contributed by atoms with Crippen LogP contribution in [0.3, 0.4) is 0 Å². The monoisotopic (exact) mass is 440 g/mol. The lowest BCUT2D eigenvalue weighted by Gasteiger charge is -2.24. The molecule has 8 nitrogen and oxygen atoms in total. The zero-order valence-electron chi connectivity index (χ0n) is 19.4. The number of fused-ring (bicyclic) bond motifs is 1. The maximum Gasteiger partial charge on any atom is 0.337 e. The van der Waals surface area contributed by atoms with E-state index in [1.54, 1.807) is 17.9 Å². The molecular weight excluding hydrogens is 408 g/mol. The molecule has 8 heteroatoms. The molecule has 0 bridgehead atoms. The van der Waals surface area contributed by atoms with E-state index in [1.807, 2.05) is 69.5 Å². The molecule has 1 amide bonds. The number of amides is 1. The molecule has 1 N–H and O–H groups in total. The molecule has 1 aromatic carbocycles. The summed E-state index contributed by atoms with van der Waals surface area (Å²) in [5, 5.41) is 3.67. The Hall–Kier alpha value is -3.26. The lowest BCUT2D eigenvalue weighted by Crippen LogP contribution is -2.32. The number of methoxy groups -OCH3 is 1. The predicted molar refractivity (Wildman–Crippen MR) is 124 cm³/mol. The van der Waals surface area contributed by atoms with Crippen LogP contribution in [0.2, 0.25) is 0 Å². The Bertz CT molecular complexity index is 1040. The third-order valence-corrected chi connectivity index (χ3v) is 5.35. The zero-order valence-corrected chi connectivity index (χ0v) is 19.4. The molecule has 0 saturated carbocycles. The Kier molecular flexibility index (Phi) is 7.58.